The van der Waals surface area contributed by atoms with Gasteiger partial charge in [-0.25, -0.2) is 4.98 Å². The van der Waals surface area contributed by atoms with E-state index in [1.807, 2.05) is 12.1 Å². The standard InChI is InChI=1S/C20H27NO4/c1-15(2)24-18-12-19(13-18)25-17-5-4-16(21-14-17)6-7-20(8-9-20)23-11-10-22-3/h4-5,14-15,18-19H,8-13H2,1-3H3. The Morgan fingerprint density at radius 2 is 2.00 bits per heavy atom. The van der Waals surface area contributed by atoms with Gasteiger partial charge in [0.1, 0.15) is 23.1 Å². The van der Waals surface area contributed by atoms with Gasteiger partial charge in [-0.05, 0) is 44.7 Å². The molecule has 0 atom stereocenters. The molecule has 1 heterocycles. The van der Waals surface area contributed by atoms with Crippen LogP contribution in [0, 0.1) is 11.8 Å². The number of pyridine rings is 1. The summed E-state index contributed by atoms with van der Waals surface area (Å²) in [7, 11) is 1.67. The summed E-state index contributed by atoms with van der Waals surface area (Å²) in [5.41, 5.74) is 0.454. The zero-order valence-corrected chi connectivity index (χ0v) is 15.3. The second-order valence-electron chi connectivity index (χ2n) is 6.98. The lowest BCUT2D eigenvalue weighted by molar-refractivity contribution is -0.0850. The van der Waals surface area contributed by atoms with Crippen molar-refractivity contribution in [3.8, 4) is 17.6 Å². The van der Waals surface area contributed by atoms with E-state index in [0.29, 0.717) is 19.3 Å². The Morgan fingerprint density at radius 3 is 2.60 bits per heavy atom. The number of aromatic nitrogens is 1. The molecule has 1 aromatic heterocycles. The van der Waals surface area contributed by atoms with Gasteiger partial charge in [0.15, 0.2) is 0 Å². The lowest BCUT2D eigenvalue weighted by atomic mass is 9.92. The Morgan fingerprint density at radius 1 is 1.20 bits per heavy atom. The van der Waals surface area contributed by atoms with Gasteiger partial charge in [0, 0.05) is 20.0 Å². The maximum Gasteiger partial charge on any atom is 0.138 e. The number of rotatable bonds is 8. The molecule has 0 amide bonds. The maximum atomic E-state index is 5.91. The smallest absolute Gasteiger partial charge is 0.138 e. The van der Waals surface area contributed by atoms with E-state index in [4.69, 9.17) is 18.9 Å². The van der Waals surface area contributed by atoms with Gasteiger partial charge in [0.2, 0.25) is 0 Å². The molecular weight excluding hydrogens is 318 g/mol. The highest BCUT2D eigenvalue weighted by molar-refractivity contribution is 5.35. The predicted octanol–water partition coefficient (Wildman–Crippen LogP) is 2.96. The third kappa shape index (κ3) is 5.43. The first-order chi connectivity index (χ1) is 12.1. The van der Waals surface area contributed by atoms with Crippen LogP contribution in [0.4, 0.5) is 0 Å². The highest BCUT2D eigenvalue weighted by Crippen LogP contribution is 2.38. The van der Waals surface area contributed by atoms with E-state index in [9.17, 15) is 0 Å². The Balaban J connectivity index is 1.45. The molecule has 2 fully saturated rings. The number of hydrogen-bond acceptors (Lipinski definition) is 5. The molecule has 0 radical (unpaired) electrons. The summed E-state index contributed by atoms with van der Waals surface area (Å²) in [4.78, 5) is 4.37. The fourth-order valence-corrected chi connectivity index (χ4v) is 2.74. The van der Waals surface area contributed by atoms with Gasteiger partial charge in [-0.3, -0.25) is 0 Å². The molecule has 0 aliphatic heterocycles. The molecule has 2 saturated carbocycles. The largest absolute Gasteiger partial charge is 0.489 e. The van der Waals surface area contributed by atoms with Crippen LogP contribution in [-0.2, 0) is 14.2 Å². The summed E-state index contributed by atoms with van der Waals surface area (Å²) in [5.74, 6) is 7.10. The Kier molecular flexibility index (Phi) is 5.95. The molecule has 0 unspecified atom stereocenters. The Labute approximate surface area is 150 Å². The second kappa shape index (κ2) is 8.18. The van der Waals surface area contributed by atoms with Crippen molar-refractivity contribution in [1.82, 2.24) is 4.98 Å². The van der Waals surface area contributed by atoms with E-state index in [1.165, 1.54) is 0 Å². The van der Waals surface area contributed by atoms with Crippen LogP contribution in [0.3, 0.4) is 0 Å². The highest BCUT2D eigenvalue weighted by atomic mass is 16.5. The van der Waals surface area contributed by atoms with Gasteiger partial charge in [0.25, 0.3) is 0 Å². The average Bonchev–Trinajstić information content (AvgIpc) is 3.32. The summed E-state index contributed by atoms with van der Waals surface area (Å²) in [6.45, 7) is 5.30. The normalized spacial score (nSPS) is 23.5. The number of ether oxygens (including phenoxy) is 4. The Bertz CT molecular complexity index is 607. The minimum Gasteiger partial charge on any atom is -0.489 e. The molecule has 1 aromatic rings. The zero-order valence-electron chi connectivity index (χ0n) is 15.3. The Hall–Kier alpha value is -1.61. The average molecular weight is 345 g/mol. The maximum absolute atomic E-state index is 5.91. The monoisotopic (exact) mass is 345 g/mol. The predicted molar refractivity (Wildman–Crippen MR) is 94.6 cm³/mol. The highest BCUT2D eigenvalue weighted by Gasteiger charge is 2.42. The molecule has 3 rings (SSSR count). The number of methoxy groups -OCH3 is 1. The van der Waals surface area contributed by atoms with Gasteiger partial charge in [-0.15, -0.1) is 0 Å². The van der Waals surface area contributed by atoms with Crippen molar-refractivity contribution in [3.05, 3.63) is 24.0 Å². The molecule has 0 aromatic carbocycles. The van der Waals surface area contributed by atoms with Crippen molar-refractivity contribution < 1.29 is 18.9 Å². The van der Waals surface area contributed by atoms with Gasteiger partial charge in [-0.2, -0.15) is 0 Å². The third-order valence-corrected chi connectivity index (χ3v) is 4.34. The third-order valence-electron chi connectivity index (χ3n) is 4.34. The van der Waals surface area contributed by atoms with E-state index in [-0.39, 0.29) is 17.8 Å². The molecule has 0 spiro atoms. The molecule has 0 N–H and O–H groups in total. The quantitative estimate of drug-likeness (QED) is 0.535. The SMILES string of the molecule is COCCOC1(C#Cc2ccc(OC3CC(OC(C)C)C3)cn2)CC1. The van der Waals surface area contributed by atoms with E-state index < -0.39 is 0 Å². The van der Waals surface area contributed by atoms with Gasteiger partial charge >= 0.3 is 0 Å². The molecule has 5 nitrogen and oxygen atoms in total. The summed E-state index contributed by atoms with van der Waals surface area (Å²) >= 11 is 0. The summed E-state index contributed by atoms with van der Waals surface area (Å²) in [6.07, 6.45) is 6.42. The fourth-order valence-electron chi connectivity index (χ4n) is 2.74. The van der Waals surface area contributed by atoms with Crippen molar-refractivity contribution >= 4 is 0 Å². The van der Waals surface area contributed by atoms with Crippen molar-refractivity contribution in [2.24, 2.45) is 0 Å². The van der Waals surface area contributed by atoms with Gasteiger partial charge in [0.05, 0.1) is 31.6 Å². The minimum absolute atomic E-state index is 0.228. The first kappa shape index (κ1) is 18.2. The summed E-state index contributed by atoms with van der Waals surface area (Å²) in [6, 6.07) is 3.83. The summed E-state index contributed by atoms with van der Waals surface area (Å²) in [5, 5.41) is 0. The van der Waals surface area contributed by atoms with Crippen LogP contribution in [0.1, 0.15) is 45.2 Å². The van der Waals surface area contributed by atoms with Crippen LogP contribution < -0.4 is 4.74 Å². The lowest BCUT2D eigenvalue weighted by Crippen LogP contribution is -2.40. The molecule has 25 heavy (non-hydrogen) atoms. The van der Waals surface area contributed by atoms with E-state index in [1.54, 1.807) is 13.3 Å². The second-order valence-corrected chi connectivity index (χ2v) is 6.98. The van der Waals surface area contributed by atoms with E-state index in [0.717, 1.165) is 37.1 Å². The van der Waals surface area contributed by atoms with Gasteiger partial charge in [-0.1, -0.05) is 5.92 Å². The molecule has 0 saturated heterocycles. The number of nitrogens with zero attached hydrogens (tertiary/aromatic N) is 1. The molecule has 2 aliphatic rings. The van der Waals surface area contributed by atoms with Crippen molar-refractivity contribution in [1.29, 1.82) is 0 Å². The molecule has 5 heteroatoms. The summed E-state index contributed by atoms with van der Waals surface area (Å²) < 4.78 is 22.4. The van der Waals surface area contributed by atoms with Crippen LogP contribution in [0.2, 0.25) is 0 Å². The number of hydrogen-bond donors (Lipinski definition) is 0. The first-order valence-electron chi connectivity index (χ1n) is 9.03. The zero-order chi connectivity index (χ0) is 17.7. The molecular formula is C20H27NO4. The topological polar surface area (TPSA) is 49.8 Å². The van der Waals surface area contributed by atoms with Crippen molar-refractivity contribution in [2.45, 2.75) is 63.4 Å². The molecule has 2 aliphatic carbocycles. The van der Waals surface area contributed by atoms with Crippen LogP contribution in [0.5, 0.6) is 5.75 Å². The van der Waals surface area contributed by atoms with E-state index >= 15 is 0 Å². The minimum atomic E-state index is -0.285. The molecule has 0 bridgehead atoms. The van der Waals surface area contributed by atoms with E-state index in [2.05, 4.69) is 30.7 Å². The first-order valence-corrected chi connectivity index (χ1v) is 9.03. The van der Waals surface area contributed by atoms with Crippen LogP contribution in [-0.4, -0.2) is 49.2 Å². The molecule has 136 valence electrons. The fraction of sp³-hybridized carbons (Fsp3) is 0.650. The lowest BCUT2D eigenvalue weighted by Gasteiger charge is -2.36. The van der Waals surface area contributed by atoms with Crippen LogP contribution >= 0.6 is 0 Å². The van der Waals surface area contributed by atoms with Crippen molar-refractivity contribution in [3.63, 3.8) is 0 Å². The van der Waals surface area contributed by atoms with Crippen LogP contribution in [0.25, 0.3) is 0 Å². The van der Waals surface area contributed by atoms with Crippen molar-refractivity contribution in [2.75, 3.05) is 20.3 Å². The van der Waals surface area contributed by atoms with Gasteiger partial charge < -0.3 is 18.9 Å². The van der Waals surface area contributed by atoms with Crippen LogP contribution in [0.15, 0.2) is 18.3 Å².